The van der Waals surface area contributed by atoms with Crippen molar-refractivity contribution in [2.75, 3.05) is 7.05 Å². The Kier molecular flexibility index (Phi) is 4.92. The van der Waals surface area contributed by atoms with Crippen LogP contribution in [0.1, 0.15) is 11.4 Å². The number of halogens is 2. The molecule has 20 heavy (non-hydrogen) atoms. The van der Waals surface area contributed by atoms with Crippen molar-refractivity contribution in [3.05, 3.63) is 40.0 Å². The van der Waals surface area contributed by atoms with E-state index in [4.69, 9.17) is 27.7 Å². The summed E-state index contributed by atoms with van der Waals surface area (Å²) >= 11 is 12.0. The molecule has 108 valence electrons. The van der Waals surface area contributed by atoms with E-state index in [0.717, 1.165) is 11.4 Å². The molecule has 2 N–H and O–H groups in total. The van der Waals surface area contributed by atoms with Gasteiger partial charge in [-0.05, 0) is 6.07 Å². The second-order valence-electron chi connectivity index (χ2n) is 4.10. The van der Waals surface area contributed by atoms with Gasteiger partial charge < -0.3 is 19.7 Å². The SMILES string of the molecule is CN=C(NCc1ccon1)NCc1cc(Cl)c(Cl)n1C. The molecule has 0 aliphatic carbocycles. The van der Waals surface area contributed by atoms with E-state index >= 15 is 0 Å². The van der Waals surface area contributed by atoms with Gasteiger partial charge in [0.05, 0.1) is 18.1 Å². The maximum absolute atomic E-state index is 6.01. The summed E-state index contributed by atoms with van der Waals surface area (Å²) in [5, 5.41) is 11.2. The number of nitrogens with zero attached hydrogens (tertiary/aromatic N) is 3. The van der Waals surface area contributed by atoms with Crippen molar-refractivity contribution in [3.8, 4) is 0 Å². The molecule has 2 heterocycles. The van der Waals surface area contributed by atoms with Gasteiger partial charge in [-0.25, -0.2) is 0 Å². The lowest BCUT2D eigenvalue weighted by Gasteiger charge is -2.11. The number of nitrogens with one attached hydrogen (secondary N) is 2. The van der Waals surface area contributed by atoms with E-state index in [0.29, 0.717) is 29.2 Å². The zero-order valence-electron chi connectivity index (χ0n) is 11.2. The van der Waals surface area contributed by atoms with Crippen LogP contribution in [0.4, 0.5) is 0 Å². The maximum atomic E-state index is 6.01. The van der Waals surface area contributed by atoms with Crippen molar-refractivity contribution >= 4 is 29.2 Å². The highest BCUT2D eigenvalue weighted by Crippen LogP contribution is 2.24. The van der Waals surface area contributed by atoms with Gasteiger partial charge in [-0.15, -0.1) is 0 Å². The lowest BCUT2D eigenvalue weighted by atomic mass is 10.4. The zero-order chi connectivity index (χ0) is 14.5. The van der Waals surface area contributed by atoms with Crippen LogP contribution in [0.25, 0.3) is 0 Å². The third-order valence-electron chi connectivity index (χ3n) is 2.80. The van der Waals surface area contributed by atoms with Crippen molar-refractivity contribution in [3.63, 3.8) is 0 Å². The molecule has 2 aromatic rings. The van der Waals surface area contributed by atoms with Crippen molar-refractivity contribution in [1.82, 2.24) is 20.4 Å². The van der Waals surface area contributed by atoms with E-state index in [1.807, 2.05) is 17.7 Å². The first-order chi connectivity index (χ1) is 9.61. The average molecular weight is 316 g/mol. The van der Waals surface area contributed by atoms with Crippen LogP contribution in [-0.2, 0) is 20.1 Å². The summed E-state index contributed by atoms with van der Waals surface area (Å²) < 4.78 is 6.58. The summed E-state index contributed by atoms with van der Waals surface area (Å²) in [6, 6.07) is 3.61. The Balaban J connectivity index is 1.89. The van der Waals surface area contributed by atoms with Gasteiger partial charge in [0.15, 0.2) is 5.96 Å². The van der Waals surface area contributed by atoms with Gasteiger partial charge in [0.2, 0.25) is 0 Å². The highest BCUT2D eigenvalue weighted by Gasteiger charge is 2.09. The molecule has 0 bridgehead atoms. The summed E-state index contributed by atoms with van der Waals surface area (Å²) in [4.78, 5) is 4.12. The van der Waals surface area contributed by atoms with Gasteiger partial charge in [-0.3, -0.25) is 4.99 Å². The minimum Gasteiger partial charge on any atom is -0.364 e. The van der Waals surface area contributed by atoms with E-state index in [2.05, 4.69) is 20.8 Å². The fourth-order valence-electron chi connectivity index (χ4n) is 1.66. The molecule has 2 aromatic heterocycles. The minimum absolute atomic E-state index is 0.522. The minimum atomic E-state index is 0.522. The maximum Gasteiger partial charge on any atom is 0.191 e. The second-order valence-corrected chi connectivity index (χ2v) is 4.87. The molecular weight excluding hydrogens is 301 g/mol. The predicted molar refractivity (Wildman–Crippen MR) is 79.0 cm³/mol. The number of aliphatic imine (C=N–C) groups is 1. The highest BCUT2D eigenvalue weighted by molar-refractivity contribution is 6.41. The molecule has 0 aliphatic heterocycles. The Labute approximate surface area is 126 Å². The Morgan fingerprint density at radius 1 is 1.40 bits per heavy atom. The third-order valence-corrected chi connectivity index (χ3v) is 3.65. The summed E-state index contributed by atoms with van der Waals surface area (Å²) in [6.45, 7) is 1.09. The van der Waals surface area contributed by atoms with Gasteiger partial charge in [0, 0.05) is 25.9 Å². The van der Waals surface area contributed by atoms with Crippen molar-refractivity contribution in [2.45, 2.75) is 13.1 Å². The molecule has 0 amide bonds. The Morgan fingerprint density at radius 2 is 2.15 bits per heavy atom. The monoisotopic (exact) mass is 315 g/mol. The van der Waals surface area contributed by atoms with Crippen LogP contribution in [0.15, 0.2) is 27.9 Å². The fourth-order valence-corrected chi connectivity index (χ4v) is 2.07. The third kappa shape index (κ3) is 3.46. The quantitative estimate of drug-likeness (QED) is 0.670. The molecule has 0 radical (unpaired) electrons. The van der Waals surface area contributed by atoms with E-state index in [1.54, 1.807) is 13.1 Å². The molecule has 0 fully saturated rings. The van der Waals surface area contributed by atoms with Gasteiger partial charge in [0.25, 0.3) is 0 Å². The molecule has 0 saturated carbocycles. The van der Waals surface area contributed by atoms with E-state index in [-0.39, 0.29) is 0 Å². The van der Waals surface area contributed by atoms with Gasteiger partial charge in [-0.1, -0.05) is 28.4 Å². The Morgan fingerprint density at radius 3 is 2.70 bits per heavy atom. The van der Waals surface area contributed by atoms with Gasteiger partial charge >= 0.3 is 0 Å². The molecule has 2 rings (SSSR count). The lowest BCUT2D eigenvalue weighted by Crippen LogP contribution is -2.36. The second kappa shape index (κ2) is 6.67. The fraction of sp³-hybridized carbons (Fsp3) is 0.333. The van der Waals surface area contributed by atoms with Crippen LogP contribution in [0.2, 0.25) is 10.2 Å². The molecule has 8 heteroatoms. The molecule has 0 aromatic carbocycles. The number of rotatable bonds is 4. The molecule has 6 nitrogen and oxygen atoms in total. The zero-order valence-corrected chi connectivity index (χ0v) is 12.7. The van der Waals surface area contributed by atoms with E-state index in [9.17, 15) is 0 Å². The Bertz CT molecular complexity index is 591. The summed E-state index contributed by atoms with van der Waals surface area (Å²) in [5.41, 5.74) is 1.77. The van der Waals surface area contributed by atoms with Crippen molar-refractivity contribution in [2.24, 2.45) is 12.0 Å². The van der Waals surface area contributed by atoms with Crippen LogP contribution in [0.5, 0.6) is 0 Å². The lowest BCUT2D eigenvalue weighted by molar-refractivity contribution is 0.410. The molecule has 0 saturated heterocycles. The number of guanidine groups is 1. The smallest absolute Gasteiger partial charge is 0.191 e. The molecule has 0 spiro atoms. The van der Waals surface area contributed by atoms with E-state index in [1.165, 1.54) is 6.26 Å². The topological polar surface area (TPSA) is 67.4 Å². The first-order valence-corrected chi connectivity index (χ1v) is 6.70. The van der Waals surface area contributed by atoms with Crippen LogP contribution in [0, 0.1) is 0 Å². The first kappa shape index (κ1) is 14.7. The highest BCUT2D eigenvalue weighted by atomic mass is 35.5. The number of aromatic nitrogens is 2. The predicted octanol–water partition coefficient (Wildman–Crippen LogP) is 2.19. The van der Waals surface area contributed by atoms with Crippen molar-refractivity contribution in [1.29, 1.82) is 0 Å². The summed E-state index contributed by atoms with van der Waals surface area (Å²) in [7, 11) is 3.56. The number of hydrogen-bond donors (Lipinski definition) is 2. The van der Waals surface area contributed by atoms with Crippen LogP contribution < -0.4 is 10.6 Å². The van der Waals surface area contributed by atoms with Crippen LogP contribution in [-0.4, -0.2) is 22.7 Å². The largest absolute Gasteiger partial charge is 0.364 e. The number of hydrogen-bond acceptors (Lipinski definition) is 3. The van der Waals surface area contributed by atoms with Gasteiger partial charge in [0.1, 0.15) is 17.1 Å². The summed E-state index contributed by atoms with van der Waals surface area (Å²) in [5.74, 6) is 0.654. The van der Waals surface area contributed by atoms with Gasteiger partial charge in [-0.2, -0.15) is 0 Å². The summed E-state index contributed by atoms with van der Waals surface area (Å²) in [6.07, 6.45) is 1.53. The molecule has 0 aliphatic rings. The molecular formula is C12H15Cl2N5O. The van der Waals surface area contributed by atoms with Crippen LogP contribution >= 0.6 is 23.2 Å². The van der Waals surface area contributed by atoms with E-state index < -0.39 is 0 Å². The first-order valence-electron chi connectivity index (χ1n) is 5.95. The molecule has 0 unspecified atom stereocenters. The standard InChI is InChI=1S/C12H15Cl2N5O/c1-15-12(16-6-8-3-4-20-18-8)17-7-9-5-10(13)11(14)19(9)2/h3-5H,6-7H2,1-2H3,(H2,15,16,17). The molecule has 0 atom stereocenters. The average Bonchev–Trinajstić information content (AvgIpc) is 3.04. The Hall–Kier alpha value is -1.66. The van der Waals surface area contributed by atoms with Crippen molar-refractivity contribution < 1.29 is 4.52 Å². The normalized spacial score (nSPS) is 11.7. The van der Waals surface area contributed by atoms with Crippen LogP contribution in [0.3, 0.4) is 0 Å².